The van der Waals surface area contributed by atoms with Crippen molar-refractivity contribution in [3.8, 4) is 0 Å². The van der Waals surface area contributed by atoms with E-state index in [2.05, 4.69) is 16.0 Å². The Hall–Kier alpha value is -1.62. The van der Waals surface area contributed by atoms with Crippen LogP contribution in [0.2, 0.25) is 0 Å². The number of carbonyl (C=O) groups excluding carboxylic acids is 1. The van der Waals surface area contributed by atoms with Gasteiger partial charge >= 0.3 is 0 Å². The summed E-state index contributed by atoms with van der Waals surface area (Å²) in [5.41, 5.74) is 1.43. The van der Waals surface area contributed by atoms with E-state index in [4.69, 9.17) is 0 Å². The second-order valence-electron chi connectivity index (χ2n) is 6.66. The summed E-state index contributed by atoms with van der Waals surface area (Å²) in [5, 5.41) is 0. The summed E-state index contributed by atoms with van der Waals surface area (Å²) in [5.74, 6) is 1.77. The van der Waals surface area contributed by atoms with Gasteiger partial charge in [-0.2, -0.15) is 0 Å². The number of nitrogens with one attached hydrogen (secondary N) is 1. The number of aromatic nitrogens is 2. The second-order valence-corrected chi connectivity index (χ2v) is 7.80. The molecule has 1 fully saturated rings. The second kappa shape index (κ2) is 6.48. The molecule has 0 unspecified atom stereocenters. The minimum Gasteiger partial charge on any atom is -0.348 e. The fourth-order valence-corrected chi connectivity index (χ4v) is 5.01. The van der Waals surface area contributed by atoms with Crippen molar-refractivity contribution in [1.29, 1.82) is 0 Å². The van der Waals surface area contributed by atoms with Gasteiger partial charge in [0.25, 0.3) is 5.91 Å². The summed E-state index contributed by atoms with van der Waals surface area (Å²) < 4.78 is 0. The van der Waals surface area contributed by atoms with Crippen LogP contribution in [-0.4, -0.2) is 33.9 Å². The maximum absolute atomic E-state index is 12.8. The first-order chi connectivity index (χ1) is 11.3. The molecule has 23 heavy (non-hydrogen) atoms. The highest BCUT2D eigenvalue weighted by molar-refractivity contribution is 7.14. The lowest BCUT2D eigenvalue weighted by atomic mass is 9.96. The van der Waals surface area contributed by atoms with Gasteiger partial charge in [0, 0.05) is 36.3 Å². The highest BCUT2D eigenvalue weighted by atomic mass is 32.1. The van der Waals surface area contributed by atoms with Gasteiger partial charge in [-0.25, -0.2) is 4.98 Å². The number of fused-ring (bicyclic) bond motifs is 1. The molecule has 4 nitrogen and oxygen atoms in total. The number of amides is 1. The Morgan fingerprint density at radius 2 is 2.04 bits per heavy atom. The summed E-state index contributed by atoms with van der Waals surface area (Å²) in [7, 11) is 0. The molecule has 2 aromatic rings. The van der Waals surface area contributed by atoms with Gasteiger partial charge in [0.05, 0.1) is 4.88 Å². The molecule has 0 saturated carbocycles. The van der Waals surface area contributed by atoms with E-state index >= 15 is 0 Å². The third kappa shape index (κ3) is 3.07. The third-order valence-electron chi connectivity index (χ3n) is 5.15. The first-order valence-corrected chi connectivity index (χ1v) is 9.53. The minimum absolute atomic E-state index is 0.237. The van der Waals surface area contributed by atoms with Crippen LogP contribution in [0.1, 0.15) is 64.0 Å². The summed E-state index contributed by atoms with van der Waals surface area (Å²) >= 11 is 1.74. The van der Waals surface area contributed by atoms with Gasteiger partial charge in [-0.1, -0.05) is 6.42 Å². The Morgan fingerprint density at radius 3 is 2.83 bits per heavy atom. The van der Waals surface area contributed by atoms with Crippen molar-refractivity contribution in [2.45, 2.75) is 50.9 Å². The van der Waals surface area contributed by atoms with Gasteiger partial charge in [0.1, 0.15) is 5.82 Å². The molecule has 0 bridgehead atoms. The zero-order chi connectivity index (χ0) is 15.6. The van der Waals surface area contributed by atoms with Crippen molar-refractivity contribution in [2.24, 2.45) is 0 Å². The van der Waals surface area contributed by atoms with Crippen LogP contribution >= 0.6 is 11.3 Å². The SMILES string of the molecule is O=C(c1cc2c(s1)CCCCC2)N1CCC(c2ncc[nH]2)CC1. The average molecular weight is 329 g/mol. The fourth-order valence-electron chi connectivity index (χ4n) is 3.79. The highest BCUT2D eigenvalue weighted by Crippen LogP contribution is 2.31. The van der Waals surface area contributed by atoms with Crippen molar-refractivity contribution in [2.75, 3.05) is 13.1 Å². The van der Waals surface area contributed by atoms with Crippen molar-refractivity contribution in [3.05, 3.63) is 39.6 Å². The van der Waals surface area contributed by atoms with E-state index < -0.39 is 0 Å². The number of piperidine rings is 1. The zero-order valence-corrected chi connectivity index (χ0v) is 14.2. The molecule has 3 heterocycles. The molecule has 2 aromatic heterocycles. The van der Waals surface area contributed by atoms with Crippen LogP contribution in [0.4, 0.5) is 0 Å². The molecule has 1 saturated heterocycles. The van der Waals surface area contributed by atoms with Gasteiger partial charge in [0.15, 0.2) is 0 Å². The standard InChI is InChI=1S/C18H23N3OS/c22-18(16-12-14-4-2-1-3-5-15(14)23-16)21-10-6-13(7-11-21)17-19-8-9-20-17/h8-9,12-13H,1-7,10-11H2,(H,19,20). The van der Waals surface area contributed by atoms with Crippen molar-refractivity contribution in [3.63, 3.8) is 0 Å². The van der Waals surface area contributed by atoms with Gasteiger partial charge in [-0.15, -0.1) is 11.3 Å². The monoisotopic (exact) mass is 329 g/mol. The van der Waals surface area contributed by atoms with Crippen LogP contribution < -0.4 is 0 Å². The van der Waals surface area contributed by atoms with E-state index in [9.17, 15) is 4.79 Å². The maximum atomic E-state index is 12.8. The molecular formula is C18H23N3OS. The Morgan fingerprint density at radius 1 is 1.22 bits per heavy atom. The van der Waals surface area contributed by atoms with Crippen LogP contribution in [-0.2, 0) is 12.8 Å². The van der Waals surface area contributed by atoms with Crippen LogP contribution in [0.15, 0.2) is 18.5 Å². The van der Waals surface area contributed by atoms with Gasteiger partial charge < -0.3 is 9.88 Å². The topological polar surface area (TPSA) is 49.0 Å². The maximum Gasteiger partial charge on any atom is 0.263 e. The number of H-pyrrole nitrogens is 1. The van der Waals surface area contributed by atoms with Gasteiger partial charge in [-0.05, 0) is 50.2 Å². The fraction of sp³-hybridized carbons (Fsp3) is 0.556. The lowest BCUT2D eigenvalue weighted by molar-refractivity contribution is 0.0716. The first kappa shape index (κ1) is 14.9. The number of nitrogens with zero attached hydrogens (tertiary/aromatic N) is 2. The average Bonchev–Trinajstić information content (AvgIpc) is 3.21. The molecule has 1 aliphatic carbocycles. The molecule has 2 aliphatic rings. The molecule has 0 aromatic carbocycles. The quantitative estimate of drug-likeness (QED) is 0.853. The lowest BCUT2D eigenvalue weighted by Gasteiger charge is -2.30. The number of imidazole rings is 1. The minimum atomic E-state index is 0.237. The summed E-state index contributed by atoms with van der Waals surface area (Å²) in [6.45, 7) is 1.68. The van der Waals surface area contributed by atoms with Crippen molar-refractivity contribution >= 4 is 17.2 Å². The Kier molecular flexibility index (Phi) is 4.21. The predicted molar refractivity (Wildman–Crippen MR) is 92.0 cm³/mol. The van der Waals surface area contributed by atoms with E-state index in [0.717, 1.165) is 49.5 Å². The van der Waals surface area contributed by atoms with E-state index in [1.807, 2.05) is 17.3 Å². The van der Waals surface area contributed by atoms with Gasteiger partial charge in [0.2, 0.25) is 0 Å². The van der Waals surface area contributed by atoms with Crippen molar-refractivity contribution in [1.82, 2.24) is 14.9 Å². The molecule has 4 rings (SSSR count). The Labute approximate surface area is 140 Å². The number of hydrogen-bond donors (Lipinski definition) is 1. The number of thiophene rings is 1. The number of aryl methyl sites for hydroxylation is 2. The van der Waals surface area contributed by atoms with E-state index in [0.29, 0.717) is 5.92 Å². The summed E-state index contributed by atoms with van der Waals surface area (Å²) in [4.78, 5) is 24.8. The molecule has 0 radical (unpaired) electrons. The molecule has 5 heteroatoms. The number of carbonyl (C=O) groups is 1. The van der Waals surface area contributed by atoms with Gasteiger partial charge in [-0.3, -0.25) is 4.79 Å². The molecule has 1 aliphatic heterocycles. The molecule has 0 spiro atoms. The van der Waals surface area contributed by atoms with Crippen LogP contribution in [0.25, 0.3) is 0 Å². The van der Waals surface area contributed by atoms with Crippen LogP contribution in [0.5, 0.6) is 0 Å². The largest absolute Gasteiger partial charge is 0.348 e. The molecule has 1 N–H and O–H groups in total. The summed E-state index contributed by atoms with van der Waals surface area (Å²) in [6, 6.07) is 2.17. The van der Waals surface area contributed by atoms with Crippen molar-refractivity contribution < 1.29 is 4.79 Å². The number of rotatable bonds is 2. The van der Waals surface area contributed by atoms with Crippen LogP contribution in [0, 0.1) is 0 Å². The smallest absolute Gasteiger partial charge is 0.263 e. The molecule has 1 amide bonds. The van der Waals surface area contributed by atoms with E-state index in [1.165, 1.54) is 29.7 Å². The lowest BCUT2D eigenvalue weighted by Crippen LogP contribution is -2.37. The number of hydrogen-bond acceptors (Lipinski definition) is 3. The number of likely N-dealkylation sites (tertiary alicyclic amines) is 1. The van der Waals surface area contributed by atoms with E-state index in [-0.39, 0.29) is 5.91 Å². The number of aromatic amines is 1. The molecule has 122 valence electrons. The predicted octanol–water partition coefficient (Wildman–Crippen LogP) is 3.76. The Bertz CT molecular complexity index is 645. The highest BCUT2D eigenvalue weighted by Gasteiger charge is 2.27. The normalized spacial score (nSPS) is 19.4. The first-order valence-electron chi connectivity index (χ1n) is 8.71. The van der Waals surface area contributed by atoms with E-state index in [1.54, 1.807) is 11.3 Å². The summed E-state index contributed by atoms with van der Waals surface area (Å²) in [6.07, 6.45) is 11.9. The zero-order valence-electron chi connectivity index (χ0n) is 13.4. The molecular weight excluding hydrogens is 306 g/mol. The Balaban J connectivity index is 1.42. The van der Waals surface area contributed by atoms with Crippen LogP contribution in [0.3, 0.4) is 0 Å². The molecule has 0 atom stereocenters. The third-order valence-corrected chi connectivity index (χ3v) is 6.37.